The average molecular weight is 381 g/mol. The third-order valence-electron chi connectivity index (χ3n) is 6.12. The van der Waals surface area contributed by atoms with Gasteiger partial charge in [-0.15, -0.1) is 0 Å². The number of ketones is 1. The second-order valence-electron chi connectivity index (χ2n) is 8.78. The minimum absolute atomic E-state index is 0.119. The van der Waals surface area contributed by atoms with Crippen molar-refractivity contribution in [3.8, 4) is 0 Å². The largest absolute Gasteiger partial charge is 0.496 e. The van der Waals surface area contributed by atoms with Crippen LogP contribution in [0.1, 0.15) is 24.8 Å². The topological polar surface area (TPSA) is 35.5 Å². The summed E-state index contributed by atoms with van der Waals surface area (Å²) in [6.07, 6.45) is 3.18. The van der Waals surface area contributed by atoms with Crippen LogP contribution < -0.4 is 0 Å². The van der Waals surface area contributed by atoms with Gasteiger partial charge in [-0.25, -0.2) is 0 Å². The van der Waals surface area contributed by atoms with Gasteiger partial charge in [0.25, 0.3) is 0 Å². The maximum absolute atomic E-state index is 13.8. The highest BCUT2D eigenvalue weighted by atomic mass is 28.3. The van der Waals surface area contributed by atoms with Gasteiger partial charge in [0.15, 0.2) is 5.78 Å². The van der Waals surface area contributed by atoms with Gasteiger partial charge < -0.3 is 9.47 Å². The first-order valence-electron chi connectivity index (χ1n) is 9.76. The Morgan fingerprint density at radius 1 is 1.11 bits per heavy atom. The first-order chi connectivity index (χ1) is 12.8. The number of carbonyl (C=O) groups excluding carboxylic acids is 1. The summed E-state index contributed by atoms with van der Waals surface area (Å²) in [6, 6.07) is 10.2. The van der Waals surface area contributed by atoms with Gasteiger partial charge in [-0.1, -0.05) is 55.5 Å². The van der Waals surface area contributed by atoms with Crippen molar-refractivity contribution in [3.05, 3.63) is 69.6 Å². The maximum atomic E-state index is 13.8. The fraction of sp³-hybridized carbons (Fsp3) is 0.435. The number of methoxy groups -OCH3 is 1. The van der Waals surface area contributed by atoms with Crippen LogP contribution in [0.4, 0.5) is 0 Å². The third-order valence-corrected chi connectivity index (χ3v) is 8.13. The number of carbonyl (C=O) groups is 1. The molecule has 2 aliphatic carbocycles. The van der Waals surface area contributed by atoms with Crippen molar-refractivity contribution in [1.29, 1.82) is 0 Å². The van der Waals surface area contributed by atoms with E-state index in [0.29, 0.717) is 5.92 Å². The van der Waals surface area contributed by atoms with E-state index in [2.05, 4.69) is 38.7 Å². The molecular formula is C23H28O3Si. The molecule has 0 amide bonds. The molecule has 2 fully saturated rings. The molecule has 3 aliphatic rings. The summed E-state index contributed by atoms with van der Waals surface area (Å²) in [7, 11) is -0.158. The minimum Gasteiger partial charge on any atom is -0.496 e. The van der Waals surface area contributed by atoms with Gasteiger partial charge in [0, 0.05) is 18.1 Å². The molecular weight excluding hydrogens is 352 g/mol. The van der Waals surface area contributed by atoms with Crippen LogP contribution in [-0.4, -0.2) is 33.7 Å². The molecule has 0 aromatic heterocycles. The van der Waals surface area contributed by atoms with E-state index >= 15 is 0 Å². The Kier molecular flexibility index (Phi) is 4.51. The van der Waals surface area contributed by atoms with Crippen LogP contribution in [0.25, 0.3) is 0 Å². The molecule has 1 saturated carbocycles. The highest BCUT2D eigenvalue weighted by molar-refractivity contribution is 6.87. The van der Waals surface area contributed by atoms with Crippen molar-refractivity contribution in [3.63, 3.8) is 0 Å². The molecule has 3 atom stereocenters. The van der Waals surface area contributed by atoms with Crippen molar-refractivity contribution in [2.24, 2.45) is 5.92 Å². The van der Waals surface area contributed by atoms with Crippen LogP contribution >= 0.6 is 0 Å². The number of rotatable bonds is 3. The number of ether oxygens (including phenoxy) is 2. The zero-order valence-electron chi connectivity index (χ0n) is 16.8. The number of fused-ring (bicyclic) bond motifs is 4. The highest BCUT2D eigenvalue weighted by Crippen LogP contribution is 2.54. The molecule has 0 spiro atoms. The van der Waals surface area contributed by atoms with Crippen molar-refractivity contribution in [2.75, 3.05) is 13.7 Å². The first-order valence-corrected chi connectivity index (χ1v) is 13.3. The summed E-state index contributed by atoms with van der Waals surface area (Å²) < 4.78 is 11.8. The fourth-order valence-electron chi connectivity index (χ4n) is 4.79. The second kappa shape index (κ2) is 6.61. The molecule has 3 unspecified atom stereocenters. The molecule has 1 aromatic rings. The Hall–Kier alpha value is -1.91. The summed E-state index contributed by atoms with van der Waals surface area (Å²) in [4.78, 5) is 13.8. The van der Waals surface area contributed by atoms with Crippen LogP contribution in [0.5, 0.6) is 0 Å². The van der Waals surface area contributed by atoms with Crippen LogP contribution in [-0.2, 0) is 14.3 Å². The molecule has 1 aromatic carbocycles. The Morgan fingerprint density at radius 3 is 2.44 bits per heavy atom. The zero-order chi connectivity index (χ0) is 19.3. The van der Waals surface area contributed by atoms with E-state index in [9.17, 15) is 4.79 Å². The molecule has 0 N–H and O–H groups in total. The highest BCUT2D eigenvalue weighted by Gasteiger charge is 2.50. The standard InChI is InChI=1S/C23H28O3Si/c1-14-19(15-9-7-6-8-10-15)22(24)18(27(3,4)5)13-17(25-2)21-20(14)16-11-12-26-23(16)21/h6-10,13,16,19,23H,11-12H2,1-5H3/b18-13+,20-14-,21-17-. The predicted octanol–water partition coefficient (Wildman–Crippen LogP) is 4.79. The molecule has 4 heteroatoms. The van der Waals surface area contributed by atoms with Gasteiger partial charge in [0.1, 0.15) is 5.76 Å². The van der Waals surface area contributed by atoms with E-state index in [4.69, 9.17) is 9.47 Å². The van der Waals surface area contributed by atoms with Gasteiger partial charge in [-0.2, -0.15) is 0 Å². The monoisotopic (exact) mass is 380 g/mol. The normalized spacial score (nSPS) is 35.4. The van der Waals surface area contributed by atoms with Gasteiger partial charge >= 0.3 is 0 Å². The van der Waals surface area contributed by atoms with Gasteiger partial charge in [-0.3, -0.25) is 4.79 Å². The van der Waals surface area contributed by atoms with Crippen molar-refractivity contribution in [1.82, 2.24) is 0 Å². The lowest BCUT2D eigenvalue weighted by Crippen LogP contribution is -2.40. The van der Waals surface area contributed by atoms with Crippen LogP contribution in [0.15, 0.2) is 64.1 Å². The number of hydrogen-bond donors (Lipinski definition) is 0. The number of hydrogen-bond acceptors (Lipinski definition) is 3. The quantitative estimate of drug-likeness (QED) is 0.707. The lowest BCUT2D eigenvalue weighted by molar-refractivity contribution is -0.115. The molecule has 1 aliphatic heterocycles. The number of Topliss-reactive ketones (excluding diaryl/α,β-unsaturated/α-hetero) is 1. The zero-order valence-corrected chi connectivity index (χ0v) is 17.8. The smallest absolute Gasteiger partial charge is 0.166 e. The molecule has 142 valence electrons. The van der Waals surface area contributed by atoms with Crippen molar-refractivity contribution >= 4 is 13.9 Å². The lowest BCUT2D eigenvalue weighted by atomic mass is 9.65. The van der Waals surface area contributed by atoms with Crippen LogP contribution in [0, 0.1) is 5.92 Å². The van der Waals surface area contributed by atoms with Crippen molar-refractivity contribution < 1.29 is 14.3 Å². The summed E-state index contributed by atoms with van der Waals surface area (Å²) in [5.41, 5.74) is 4.72. The fourth-order valence-corrected chi connectivity index (χ4v) is 6.24. The van der Waals surface area contributed by atoms with E-state index < -0.39 is 8.07 Å². The Bertz CT molecular complexity index is 871. The molecule has 4 rings (SSSR count). The van der Waals surface area contributed by atoms with E-state index in [1.165, 1.54) is 16.7 Å². The molecule has 1 heterocycles. The SMILES string of the molecule is COC1=C2/C(=C(/C)C(c3ccccc3)C(=O)/C([Si](C)(C)C)=C\1)C1CCOC21. The van der Waals surface area contributed by atoms with Crippen molar-refractivity contribution in [2.45, 2.75) is 45.0 Å². The van der Waals surface area contributed by atoms with E-state index in [1.807, 2.05) is 24.3 Å². The summed E-state index contributed by atoms with van der Waals surface area (Å²) >= 11 is 0. The predicted molar refractivity (Wildman–Crippen MR) is 110 cm³/mol. The third kappa shape index (κ3) is 2.86. The Labute approximate surface area is 162 Å². The van der Waals surface area contributed by atoms with E-state index in [0.717, 1.165) is 29.5 Å². The Balaban J connectivity index is 1.98. The van der Waals surface area contributed by atoms with E-state index in [-0.39, 0.29) is 17.8 Å². The number of benzene rings is 1. The molecule has 0 bridgehead atoms. The minimum atomic E-state index is -1.86. The molecule has 27 heavy (non-hydrogen) atoms. The van der Waals surface area contributed by atoms with E-state index in [1.54, 1.807) is 7.11 Å². The average Bonchev–Trinajstić information content (AvgIpc) is 3.00. The Morgan fingerprint density at radius 2 is 1.81 bits per heavy atom. The van der Waals surface area contributed by atoms with Gasteiger partial charge in [0.2, 0.25) is 0 Å². The first kappa shape index (κ1) is 18.5. The lowest BCUT2D eigenvalue weighted by Gasteiger charge is -2.42. The summed E-state index contributed by atoms with van der Waals surface area (Å²) in [6.45, 7) is 9.61. The molecule has 3 nitrogen and oxygen atoms in total. The summed E-state index contributed by atoms with van der Waals surface area (Å²) in [5, 5.41) is 0.945. The van der Waals surface area contributed by atoms with Crippen LogP contribution in [0.2, 0.25) is 19.6 Å². The molecule has 1 saturated heterocycles. The second-order valence-corrected chi connectivity index (χ2v) is 13.8. The maximum Gasteiger partial charge on any atom is 0.166 e. The number of allylic oxidation sites excluding steroid dienone is 3. The van der Waals surface area contributed by atoms with Crippen LogP contribution in [0.3, 0.4) is 0 Å². The van der Waals surface area contributed by atoms with Gasteiger partial charge in [-0.05, 0) is 35.8 Å². The summed E-state index contributed by atoms with van der Waals surface area (Å²) in [5.74, 6) is 1.24. The molecule has 0 radical (unpaired) electrons. The van der Waals surface area contributed by atoms with Gasteiger partial charge in [0.05, 0.1) is 27.2 Å².